The highest BCUT2D eigenvalue weighted by atomic mass is 16.6. The summed E-state index contributed by atoms with van der Waals surface area (Å²) in [5, 5.41) is 5.14. The van der Waals surface area contributed by atoms with Crippen LogP contribution in [0.25, 0.3) is 0 Å². The Labute approximate surface area is 237 Å². The number of ketones is 1. The Morgan fingerprint density at radius 3 is 2.02 bits per heavy atom. The van der Waals surface area contributed by atoms with Crippen LogP contribution in [0.3, 0.4) is 0 Å². The van der Waals surface area contributed by atoms with Gasteiger partial charge in [0.05, 0.1) is 12.0 Å². The van der Waals surface area contributed by atoms with Crippen LogP contribution in [0, 0.1) is 30.1 Å². The first-order valence-electron chi connectivity index (χ1n) is 12.9. The van der Waals surface area contributed by atoms with Gasteiger partial charge in [0.25, 0.3) is 0 Å². The third-order valence-electron chi connectivity index (χ3n) is 4.66. The predicted octanol–water partition coefficient (Wildman–Crippen LogP) is 3.84. The fraction of sp³-hybridized carbons (Fsp3) is 0.600. The van der Waals surface area contributed by atoms with Crippen molar-refractivity contribution in [2.75, 3.05) is 13.2 Å². The van der Waals surface area contributed by atoms with E-state index in [1.807, 2.05) is 0 Å². The van der Waals surface area contributed by atoms with Crippen molar-refractivity contribution in [1.29, 1.82) is 0 Å². The summed E-state index contributed by atoms with van der Waals surface area (Å²) in [7, 11) is 0. The number of carbonyl (C=O) groups is 4. The highest BCUT2D eigenvalue weighted by Crippen LogP contribution is 2.22. The molecule has 40 heavy (non-hydrogen) atoms. The zero-order valence-electron chi connectivity index (χ0n) is 24.9. The summed E-state index contributed by atoms with van der Waals surface area (Å²) in [6.45, 7) is 15.4. The van der Waals surface area contributed by atoms with Gasteiger partial charge in [-0.15, -0.1) is 6.42 Å². The van der Waals surface area contributed by atoms with Gasteiger partial charge in [0, 0.05) is 12.0 Å². The lowest BCUT2D eigenvalue weighted by Crippen LogP contribution is -2.49. The zero-order valence-corrected chi connectivity index (χ0v) is 24.9. The first-order valence-corrected chi connectivity index (χ1v) is 12.9. The predicted molar refractivity (Wildman–Crippen MR) is 150 cm³/mol. The Hall–Kier alpha value is -3.76. The van der Waals surface area contributed by atoms with E-state index >= 15 is 0 Å². The highest BCUT2D eigenvalue weighted by Gasteiger charge is 2.35. The maximum absolute atomic E-state index is 13.5. The molecule has 0 aromatic rings. The average molecular weight is 559 g/mol. The van der Waals surface area contributed by atoms with E-state index in [9.17, 15) is 19.2 Å². The van der Waals surface area contributed by atoms with E-state index in [2.05, 4.69) is 28.4 Å². The van der Waals surface area contributed by atoms with Crippen molar-refractivity contribution in [3.8, 4) is 24.2 Å². The monoisotopic (exact) mass is 558 g/mol. The quantitative estimate of drug-likeness (QED) is 0.199. The van der Waals surface area contributed by atoms with Crippen molar-refractivity contribution in [2.24, 2.45) is 5.92 Å². The Morgan fingerprint density at radius 2 is 1.48 bits per heavy atom. The van der Waals surface area contributed by atoms with Crippen molar-refractivity contribution in [1.82, 2.24) is 10.6 Å². The summed E-state index contributed by atoms with van der Waals surface area (Å²) >= 11 is 0. The van der Waals surface area contributed by atoms with Crippen LogP contribution in [0.5, 0.6) is 0 Å². The molecule has 3 atom stereocenters. The molecule has 1 aliphatic rings. The van der Waals surface area contributed by atoms with Crippen LogP contribution >= 0.6 is 0 Å². The van der Waals surface area contributed by atoms with Gasteiger partial charge in [-0.25, -0.2) is 14.4 Å². The van der Waals surface area contributed by atoms with Crippen LogP contribution < -0.4 is 10.6 Å². The van der Waals surface area contributed by atoms with Crippen LogP contribution in [-0.2, 0) is 28.5 Å². The van der Waals surface area contributed by atoms with Gasteiger partial charge in [0.2, 0.25) is 0 Å². The van der Waals surface area contributed by atoms with Crippen LogP contribution in [-0.4, -0.2) is 66.0 Å². The van der Waals surface area contributed by atoms with E-state index in [4.69, 9.17) is 25.4 Å². The number of Topliss-reactive ketones (excluding diaryl/α,β-unsaturated/α-hetero) is 1. The zero-order chi connectivity index (χ0) is 30.7. The second-order valence-corrected chi connectivity index (χ2v) is 12.1. The number of rotatable bonds is 8. The second-order valence-electron chi connectivity index (χ2n) is 12.1. The fourth-order valence-electron chi connectivity index (χ4n) is 3.30. The van der Waals surface area contributed by atoms with Crippen molar-refractivity contribution >= 4 is 23.9 Å². The molecule has 0 aromatic heterocycles. The lowest BCUT2D eigenvalue weighted by molar-refractivity contribution is -0.158. The fourth-order valence-corrected chi connectivity index (χ4v) is 3.30. The Bertz CT molecular complexity index is 1100. The second kappa shape index (κ2) is 14.6. The summed E-state index contributed by atoms with van der Waals surface area (Å²) in [6, 6.07) is -2.17. The van der Waals surface area contributed by atoms with Crippen LogP contribution in [0.15, 0.2) is 23.8 Å². The molecule has 2 N–H and O–H groups in total. The minimum atomic E-state index is -1.32. The molecule has 0 aliphatic heterocycles. The molecule has 1 rings (SSSR count). The van der Waals surface area contributed by atoms with Crippen LogP contribution in [0.1, 0.15) is 68.7 Å². The number of allylic oxidation sites excluding steroid dienone is 2. The van der Waals surface area contributed by atoms with E-state index in [1.165, 1.54) is 0 Å². The molecule has 0 saturated carbocycles. The van der Waals surface area contributed by atoms with E-state index in [-0.39, 0.29) is 13.2 Å². The van der Waals surface area contributed by atoms with Gasteiger partial charge in [-0.05, 0) is 74.5 Å². The number of terminal acetylenes is 1. The standard InChI is InChI=1S/C30H42N2O8/c1-11-16-37-17-12-13-20-14-15-21(22(18-20)31-26(35)39-29(5,6)7)24(33)19-23(25(34)38-28(2,3)4)32-27(36)40-30(8,9)10/h1,14-15,18,21-23H,16-17,19H2,2-10H3,(H,31,35)(H,32,36)/t21?,22?,23-/m0/s1. The molecule has 1 aliphatic carbocycles. The lowest BCUT2D eigenvalue weighted by Gasteiger charge is -2.29. The maximum Gasteiger partial charge on any atom is 0.408 e. The van der Waals surface area contributed by atoms with Crippen molar-refractivity contribution in [3.05, 3.63) is 23.8 Å². The number of carbonyl (C=O) groups excluding carboxylic acids is 4. The molecule has 220 valence electrons. The minimum absolute atomic E-state index is 0.107. The molecule has 0 spiro atoms. The van der Waals surface area contributed by atoms with E-state index < -0.39 is 65.2 Å². The molecule has 10 nitrogen and oxygen atoms in total. The first kappa shape index (κ1) is 34.3. The van der Waals surface area contributed by atoms with Gasteiger partial charge in [-0.3, -0.25) is 4.79 Å². The lowest BCUT2D eigenvalue weighted by atomic mass is 9.86. The van der Waals surface area contributed by atoms with E-state index in [0.717, 1.165) is 0 Å². The summed E-state index contributed by atoms with van der Waals surface area (Å²) < 4.78 is 21.2. The first-order chi connectivity index (χ1) is 18.3. The number of hydrogen-bond donors (Lipinski definition) is 2. The highest BCUT2D eigenvalue weighted by molar-refractivity contribution is 5.92. The largest absolute Gasteiger partial charge is 0.458 e. The van der Waals surface area contributed by atoms with Crippen molar-refractivity contribution in [2.45, 2.75) is 97.6 Å². The molecule has 0 bridgehead atoms. The molecule has 0 aromatic carbocycles. The molecule has 2 amide bonds. The molecule has 0 fully saturated rings. The van der Waals surface area contributed by atoms with Crippen LogP contribution in [0.4, 0.5) is 9.59 Å². The number of ether oxygens (including phenoxy) is 4. The number of hydrogen-bond acceptors (Lipinski definition) is 8. The summed E-state index contributed by atoms with van der Waals surface area (Å²) in [6.07, 6.45) is 7.96. The third-order valence-corrected chi connectivity index (χ3v) is 4.66. The number of alkyl carbamates (subject to hydrolysis) is 2. The molecule has 0 saturated heterocycles. The van der Waals surface area contributed by atoms with Gasteiger partial charge >= 0.3 is 18.2 Å². The summed E-state index contributed by atoms with van der Waals surface area (Å²) in [5.74, 6) is 5.94. The normalized spacial score (nSPS) is 17.6. The Morgan fingerprint density at radius 1 is 0.900 bits per heavy atom. The van der Waals surface area contributed by atoms with E-state index in [0.29, 0.717) is 5.57 Å². The maximum atomic E-state index is 13.5. The molecule has 0 radical (unpaired) electrons. The molecular formula is C30H42N2O8. The number of nitrogens with one attached hydrogen (secondary N) is 2. The van der Waals surface area contributed by atoms with Gasteiger partial charge in [-0.2, -0.15) is 0 Å². The van der Waals surface area contributed by atoms with Gasteiger partial charge in [-0.1, -0.05) is 23.8 Å². The third kappa shape index (κ3) is 14.4. The SMILES string of the molecule is C#CCOCC#CC1=CC(NC(=O)OC(C)(C)C)C(C(=O)C[C@H](NC(=O)OC(C)(C)C)C(=O)OC(C)(C)C)C=C1. The average Bonchev–Trinajstić information content (AvgIpc) is 2.74. The molecular weight excluding hydrogens is 516 g/mol. The van der Waals surface area contributed by atoms with Gasteiger partial charge in [0.1, 0.15) is 41.8 Å². The summed E-state index contributed by atoms with van der Waals surface area (Å²) in [4.78, 5) is 51.5. The van der Waals surface area contributed by atoms with Crippen LogP contribution in [0.2, 0.25) is 0 Å². The minimum Gasteiger partial charge on any atom is -0.458 e. The van der Waals surface area contributed by atoms with E-state index in [1.54, 1.807) is 80.5 Å². The smallest absolute Gasteiger partial charge is 0.408 e. The van der Waals surface area contributed by atoms with Crippen molar-refractivity contribution in [3.63, 3.8) is 0 Å². The summed E-state index contributed by atoms with van der Waals surface area (Å²) in [5.41, 5.74) is -1.92. The number of esters is 1. The topological polar surface area (TPSA) is 129 Å². The molecule has 0 heterocycles. The van der Waals surface area contributed by atoms with Gasteiger partial charge < -0.3 is 29.6 Å². The Balaban J connectivity index is 3.21. The molecule has 10 heteroatoms. The Kier molecular flexibility index (Phi) is 12.5. The van der Waals surface area contributed by atoms with Crippen molar-refractivity contribution < 1.29 is 38.1 Å². The van der Waals surface area contributed by atoms with Gasteiger partial charge in [0.15, 0.2) is 0 Å². The number of amides is 2. The molecule has 2 unspecified atom stereocenters.